The molecule has 1 amide bonds. The molecule has 8 heteroatoms. The van der Waals surface area contributed by atoms with Gasteiger partial charge in [-0.1, -0.05) is 57.3 Å². The number of carbonyl (C=O) groups is 2. The number of β-amino-alcohol motifs (C(OH)–C–C–N with tert-alkyl or cyclic N) is 1. The van der Waals surface area contributed by atoms with E-state index in [1.54, 1.807) is 11.3 Å². The topological polar surface area (TPSA) is 82.5 Å². The highest BCUT2D eigenvalue weighted by Gasteiger charge is 2.41. The molecule has 3 rings (SSSR count). The van der Waals surface area contributed by atoms with Crippen molar-refractivity contribution in [1.29, 1.82) is 0 Å². The highest BCUT2D eigenvalue weighted by atomic mass is 32.1. The van der Waals surface area contributed by atoms with Crippen molar-refractivity contribution in [3.05, 3.63) is 41.0 Å². The first-order valence-corrected chi connectivity index (χ1v) is 12.5. The fraction of sp³-hybridized carbons (Fsp3) is 0.520. The van der Waals surface area contributed by atoms with Crippen LogP contribution in [0.5, 0.6) is 0 Å². The minimum atomic E-state index is -0.614. The molecule has 0 saturated carbocycles. The average Bonchev–Trinajstić information content (AvgIpc) is 3.35. The number of rotatable bonds is 7. The standard InChI is InChI=1S/C25H33N3O3S2/c1-15-22(33-14-26-15)18-9-6-17(7-10-18)8-11-21(31)20-12-19(30)13-28(20)24(32)23(25(3,4)5)27-16(2)29/h6-7,9-10,14,19-20,23,30H,8,11-13H2,1-5H3,(H,27,29)/t19-,20+,23-/m1/s1. The van der Waals surface area contributed by atoms with Gasteiger partial charge in [-0.05, 0) is 29.9 Å². The normalized spacial score (nSPS) is 19.4. The van der Waals surface area contributed by atoms with Gasteiger partial charge in [-0.3, -0.25) is 9.59 Å². The number of aliphatic hydroxyl groups is 1. The van der Waals surface area contributed by atoms with Crippen LogP contribution in [0, 0.1) is 12.3 Å². The zero-order valence-electron chi connectivity index (χ0n) is 19.9. The van der Waals surface area contributed by atoms with E-state index in [4.69, 9.17) is 12.2 Å². The van der Waals surface area contributed by atoms with E-state index in [1.165, 1.54) is 6.92 Å². The number of hydrogen-bond acceptors (Lipinski definition) is 6. The number of aromatic nitrogens is 1. The number of benzene rings is 1. The monoisotopic (exact) mass is 487 g/mol. The Labute approximate surface area is 205 Å². The Kier molecular flexibility index (Phi) is 8.03. The first-order chi connectivity index (χ1) is 15.5. The summed E-state index contributed by atoms with van der Waals surface area (Å²) in [6.07, 6.45) is 0.745. The van der Waals surface area contributed by atoms with E-state index >= 15 is 0 Å². The van der Waals surface area contributed by atoms with Crippen LogP contribution in [0.25, 0.3) is 10.4 Å². The molecular formula is C25H33N3O3S2. The Morgan fingerprint density at radius 3 is 2.52 bits per heavy atom. The molecule has 178 valence electrons. The predicted molar refractivity (Wildman–Crippen MR) is 136 cm³/mol. The summed E-state index contributed by atoms with van der Waals surface area (Å²) in [5.41, 5.74) is 4.77. The van der Waals surface area contributed by atoms with Crippen LogP contribution >= 0.6 is 23.6 Å². The van der Waals surface area contributed by atoms with Crippen LogP contribution in [0.15, 0.2) is 29.8 Å². The van der Waals surface area contributed by atoms with E-state index < -0.39 is 18.2 Å². The molecule has 2 aromatic rings. The Morgan fingerprint density at radius 2 is 1.97 bits per heavy atom. The summed E-state index contributed by atoms with van der Waals surface area (Å²) in [6.45, 7) is 9.78. The maximum absolute atomic E-state index is 13.2. The third kappa shape index (κ3) is 6.25. The van der Waals surface area contributed by atoms with E-state index in [1.807, 2.05) is 38.1 Å². The molecule has 2 N–H and O–H groups in total. The zero-order valence-corrected chi connectivity index (χ0v) is 21.6. The molecule has 1 aliphatic rings. The van der Waals surface area contributed by atoms with E-state index in [-0.39, 0.29) is 17.1 Å². The van der Waals surface area contributed by atoms with Crippen molar-refractivity contribution in [3.8, 4) is 10.4 Å². The lowest BCUT2D eigenvalue weighted by atomic mass is 9.86. The summed E-state index contributed by atoms with van der Waals surface area (Å²) >= 11 is 7.36. The van der Waals surface area contributed by atoms with Gasteiger partial charge >= 0.3 is 0 Å². The van der Waals surface area contributed by atoms with E-state index in [2.05, 4.69) is 34.6 Å². The minimum Gasteiger partial charge on any atom is -0.391 e. The smallest absolute Gasteiger partial charge is 0.217 e. The number of carbonyl (C=O) groups excluding carboxylic acids is 2. The number of Topliss-reactive ketones (excluding diaryl/α,β-unsaturated/α-hetero) is 1. The van der Waals surface area contributed by atoms with E-state index in [0.717, 1.165) is 21.7 Å². The van der Waals surface area contributed by atoms with Crippen LogP contribution in [0.4, 0.5) is 0 Å². The first kappa shape index (κ1) is 25.5. The molecule has 0 unspecified atom stereocenters. The van der Waals surface area contributed by atoms with Gasteiger partial charge in [0.25, 0.3) is 0 Å². The van der Waals surface area contributed by atoms with Crippen LogP contribution in [-0.4, -0.2) is 56.4 Å². The van der Waals surface area contributed by atoms with Crippen LogP contribution in [0.1, 0.15) is 51.8 Å². The highest BCUT2D eigenvalue weighted by molar-refractivity contribution is 7.80. The van der Waals surface area contributed by atoms with Crippen molar-refractivity contribution in [2.75, 3.05) is 6.54 Å². The van der Waals surface area contributed by atoms with E-state index in [0.29, 0.717) is 30.8 Å². The van der Waals surface area contributed by atoms with Gasteiger partial charge in [0.2, 0.25) is 5.91 Å². The predicted octanol–water partition coefficient (Wildman–Crippen LogP) is 3.93. The van der Waals surface area contributed by atoms with Crippen molar-refractivity contribution in [2.45, 2.75) is 72.1 Å². The number of ketones is 1. The third-order valence-corrected chi connectivity index (χ3v) is 7.46. The Hall–Kier alpha value is -2.16. The molecule has 0 aliphatic carbocycles. The van der Waals surface area contributed by atoms with Gasteiger partial charge in [-0.2, -0.15) is 0 Å². The number of aliphatic hydroxyl groups excluding tert-OH is 1. The van der Waals surface area contributed by atoms with Gasteiger partial charge in [0, 0.05) is 26.3 Å². The second kappa shape index (κ2) is 10.4. The van der Waals surface area contributed by atoms with E-state index in [9.17, 15) is 14.7 Å². The molecule has 0 radical (unpaired) electrons. The number of nitrogens with zero attached hydrogens (tertiary/aromatic N) is 2. The fourth-order valence-corrected chi connectivity index (χ4v) is 5.64. The molecular weight excluding hydrogens is 454 g/mol. The van der Waals surface area contributed by atoms with Crippen molar-refractivity contribution in [3.63, 3.8) is 0 Å². The second-order valence-electron chi connectivity index (χ2n) is 9.83. The van der Waals surface area contributed by atoms with Crippen LogP contribution in [0.3, 0.4) is 0 Å². The van der Waals surface area contributed by atoms with Gasteiger partial charge in [-0.15, -0.1) is 11.3 Å². The van der Waals surface area contributed by atoms with Gasteiger partial charge in [0.1, 0.15) is 4.99 Å². The Bertz CT molecular complexity index is 1010. The lowest BCUT2D eigenvalue weighted by Gasteiger charge is -2.37. The summed E-state index contributed by atoms with van der Waals surface area (Å²) in [4.78, 5) is 32.7. The number of likely N-dealkylation sites (tertiary alicyclic amines) is 1. The zero-order chi connectivity index (χ0) is 24.3. The second-order valence-corrected chi connectivity index (χ2v) is 11.1. The van der Waals surface area contributed by atoms with Crippen LogP contribution in [-0.2, 0) is 16.0 Å². The highest BCUT2D eigenvalue weighted by Crippen LogP contribution is 2.29. The van der Waals surface area contributed by atoms with Gasteiger partial charge < -0.3 is 15.3 Å². The molecule has 0 spiro atoms. The number of aryl methyl sites for hydroxylation is 2. The Morgan fingerprint density at radius 1 is 1.30 bits per heavy atom. The largest absolute Gasteiger partial charge is 0.391 e. The number of hydrogen-bond donors (Lipinski definition) is 2. The van der Waals surface area contributed by atoms with Crippen molar-refractivity contribution in [1.82, 2.24) is 15.2 Å². The third-order valence-electron chi connectivity index (χ3n) is 6.02. The number of thiazole rings is 1. The molecule has 33 heavy (non-hydrogen) atoms. The maximum Gasteiger partial charge on any atom is 0.217 e. The molecule has 3 atom stereocenters. The summed E-state index contributed by atoms with van der Waals surface area (Å²) in [5.74, 6) is -0.108. The van der Waals surface area contributed by atoms with Crippen LogP contribution < -0.4 is 5.32 Å². The lowest BCUT2D eigenvalue weighted by molar-refractivity contribution is -0.122. The fourth-order valence-electron chi connectivity index (χ4n) is 4.22. The summed E-state index contributed by atoms with van der Waals surface area (Å²) in [7, 11) is 0. The summed E-state index contributed by atoms with van der Waals surface area (Å²) in [5, 5.41) is 13.2. The molecule has 1 aliphatic heterocycles. The van der Waals surface area contributed by atoms with Crippen molar-refractivity contribution < 1.29 is 14.7 Å². The summed E-state index contributed by atoms with van der Waals surface area (Å²) in [6, 6.07) is 7.39. The average molecular weight is 488 g/mol. The molecule has 2 heterocycles. The first-order valence-electron chi connectivity index (χ1n) is 11.2. The Balaban J connectivity index is 1.67. The number of nitrogens with one attached hydrogen (secondary N) is 1. The molecule has 1 fully saturated rings. The lowest BCUT2D eigenvalue weighted by Crippen LogP contribution is -2.55. The maximum atomic E-state index is 13.2. The van der Waals surface area contributed by atoms with Gasteiger partial charge in [0.15, 0.2) is 5.78 Å². The van der Waals surface area contributed by atoms with Crippen molar-refractivity contribution >= 4 is 40.2 Å². The van der Waals surface area contributed by atoms with Crippen molar-refractivity contribution in [2.24, 2.45) is 5.41 Å². The van der Waals surface area contributed by atoms with Crippen LogP contribution in [0.2, 0.25) is 0 Å². The number of amides is 1. The molecule has 1 saturated heterocycles. The molecule has 6 nitrogen and oxygen atoms in total. The van der Waals surface area contributed by atoms with Gasteiger partial charge in [0.05, 0.1) is 34.3 Å². The quantitative estimate of drug-likeness (QED) is 0.576. The molecule has 0 bridgehead atoms. The molecule has 1 aromatic carbocycles. The number of thiocarbonyl (C=S) groups is 1. The van der Waals surface area contributed by atoms with Gasteiger partial charge in [-0.25, -0.2) is 4.98 Å². The minimum absolute atomic E-state index is 0.0618. The SMILES string of the molecule is CC(=O)N[C@H](C(=S)N1C[C@H](O)C[C@H]1C(=O)CCc1ccc(-c2scnc2C)cc1)C(C)(C)C. The summed E-state index contributed by atoms with van der Waals surface area (Å²) < 4.78 is 0. The molecule has 1 aromatic heterocycles.